The van der Waals surface area contributed by atoms with Crippen LogP contribution in [0.25, 0.3) is 22.2 Å². The number of fused-ring (bicyclic) bond motifs is 1. The van der Waals surface area contributed by atoms with Crippen molar-refractivity contribution < 1.29 is 14.3 Å². The second kappa shape index (κ2) is 8.23. The minimum absolute atomic E-state index is 0.191. The maximum Gasteiger partial charge on any atom is 0.337 e. The van der Waals surface area contributed by atoms with Gasteiger partial charge in [0.05, 0.1) is 12.7 Å². The Morgan fingerprint density at radius 2 is 2.00 bits per heavy atom. The molecular weight excluding hydrogens is 384 g/mol. The van der Waals surface area contributed by atoms with Crippen molar-refractivity contribution in [1.29, 1.82) is 0 Å². The topological polar surface area (TPSA) is 95.3 Å². The SMILES string of the molecule is COC(=O)c1ccc(C)c(-c2cc3cnc(NC4CCOCC4)nc3n(C)c2=O)c1. The third kappa shape index (κ3) is 3.78. The van der Waals surface area contributed by atoms with Gasteiger partial charge in [0.25, 0.3) is 5.56 Å². The largest absolute Gasteiger partial charge is 0.465 e. The highest BCUT2D eigenvalue weighted by Crippen LogP contribution is 2.25. The van der Waals surface area contributed by atoms with Crippen molar-refractivity contribution in [1.82, 2.24) is 14.5 Å². The number of nitrogens with one attached hydrogen (secondary N) is 1. The number of aryl methyl sites for hydroxylation is 2. The van der Waals surface area contributed by atoms with E-state index in [4.69, 9.17) is 9.47 Å². The quantitative estimate of drug-likeness (QED) is 0.663. The van der Waals surface area contributed by atoms with E-state index in [-0.39, 0.29) is 11.6 Å². The van der Waals surface area contributed by atoms with Crippen LogP contribution in [0.5, 0.6) is 0 Å². The van der Waals surface area contributed by atoms with Crippen molar-refractivity contribution in [3.63, 3.8) is 0 Å². The van der Waals surface area contributed by atoms with Crippen molar-refractivity contribution in [2.75, 3.05) is 25.6 Å². The molecule has 0 atom stereocenters. The zero-order chi connectivity index (χ0) is 21.3. The Kier molecular flexibility index (Phi) is 5.50. The molecule has 0 spiro atoms. The first kappa shape index (κ1) is 20.0. The van der Waals surface area contributed by atoms with E-state index in [9.17, 15) is 9.59 Å². The summed E-state index contributed by atoms with van der Waals surface area (Å²) < 4.78 is 11.7. The minimum atomic E-state index is -0.443. The normalized spacial score (nSPS) is 14.6. The summed E-state index contributed by atoms with van der Waals surface area (Å²) in [5, 5.41) is 4.08. The Morgan fingerprint density at radius 3 is 2.73 bits per heavy atom. The molecule has 8 nitrogen and oxygen atoms in total. The van der Waals surface area contributed by atoms with E-state index in [0.29, 0.717) is 28.3 Å². The number of esters is 1. The van der Waals surface area contributed by atoms with E-state index in [1.165, 1.54) is 11.7 Å². The molecule has 0 bridgehead atoms. The molecular formula is C22H24N4O4. The molecule has 8 heteroatoms. The number of anilines is 1. The first-order valence-electron chi connectivity index (χ1n) is 9.88. The Morgan fingerprint density at radius 1 is 1.23 bits per heavy atom. The molecule has 3 heterocycles. The lowest BCUT2D eigenvalue weighted by Crippen LogP contribution is -2.29. The maximum atomic E-state index is 13.1. The van der Waals surface area contributed by atoms with Gasteiger partial charge in [-0.3, -0.25) is 9.36 Å². The van der Waals surface area contributed by atoms with Gasteiger partial charge in [-0.2, -0.15) is 4.98 Å². The molecule has 1 fully saturated rings. The van der Waals surface area contributed by atoms with Crippen LogP contribution in [0.1, 0.15) is 28.8 Å². The van der Waals surface area contributed by atoms with Gasteiger partial charge in [0.15, 0.2) is 0 Å². The molecule has 0 amide bonds. The number of benzene rings is 1. The molecule has 0 aliphatic carbocycles. The molecule has 1 saturated heterocycles. The summed E-state index contributed by atoms with van der Waals surface area (Å²) in [6, 6.07) is 7.22. The second-order valence-electron chi connectivity index (χ2n) is 7.45. The van der Waals surface area contributed by atoms with E-state index >= 15 is 0 Å². The summed E-state index contributed by atoms with van der Waals surface area (Å²) in [5.41, 5.74) is 2.82. The fourth-order valence-corrected chi connectivity index (χ4v) is 3.69. The number of methoxy groups -OCH3 is 1. The van der Waals surface area contributed by atoms with Gasteiger partial charge in [-0.1, -0.05) is 6.07 Å². The van der Waals surface area contributed by atoms with Crippen LogP contribution >= 0.6 is 0 Å². The lowest BCUT2D eigenvalue weighted by atomic mass is 9.98. The Bertz CT molecular complexity index is 1170. The number of carbonyl (C=O) groups is 1. The van der Waals surface area contributed by atoms with Gasteiger partial charge in [0, 0.05) is 43.4 Å². The highest BCUT2D eigenvalue weighted by molar-refractivity contribution is 5.92. The summed E-state index contributed by atoms with van der Waals surface area (Å²) in [5.74, 6) is 0.0574. The van der Waals surface area contributed by atoms with Gasteiger partial charge in [-0.15, -0.1) is 0 Å². The fraction of sp³-hybridized carbons (Fsp3) is 0.364. The molecule has 0 saturated carbocycles. The third-order valence-electron chi connectivity index (χ3n) is 5.45. The molecule has 3 aromatic rings. The number of hydrogen-bond acceptors (Lipinski definition) is 7. The number of nitrogens with zero attached hydrogens (tertiary/aromatic N) is 3. The minimum Gasteiger partial charge on any atom is -0.465 e. The van der Waals surface area contributed by atoms with Gasteiger partial charge in [0.2, 0.25) is 5.95 Å². The van der Waals surface area contributed by atoms with E-state index in [1.54, 1.807) is 31.4 Å². The molecule has 0 unspecified atom stereocenters. The molecule has 4 rings (SSSR count). The number of ether oxygens (including phenoxy) is 2. The molecule has 30 heavy (non-hydrogen) atoms. The number of aromatic nitrogens is 3. The van der Waals surface area contributed by atoms with Crippen LogP contribution < -0.4 is 10.9 Å². The fourth-order valence-electron chi connectivity index (χ4n) is 3.69. The summed E-state index contributed by atoms with van der Waals surface area (Å²) >= 11 is 0. The van der Waals surface area contributed by atoms with Crippen LogP contribution in [0.4, 0.5) is 5.95 Å². The highest BCUT2D eigenvalue weighted by Gasteiger charge is 2.17. The molecule has 1 N–H and O–H groups in total. The monoisotopic (exact) mass is 408 g/mol. The Labute approximate surface area is 173 Å². The molecule has 1 aliphatic heterocycles. The van der Waals surface area contributed by atoms with Crippen molar-refractivity contribution in [3.8, 4) is 11.1 Å². The van der Waals surface area contributed by atoms with Gasteiger partial charge in [0.1, 0.15) is 5.65 Å². The average molecular weight is 408 g/mol. The van der Waals surface area contributed by atoms with Crippen LogP contribution in [0.15, 0.2) is 35.3 Å². The predicted molar refractivity (Wildman–Crippen MR) is 114 cm³/mol. The van der Waals surface area contributed by atoms with Crippen molar-refractivity contribution in [2.24, 2.45) is 7.05 Å². The van der Waals surface area contributed by atoms with Crippen LogP contribution in [0.2, 0.25) is 0 Å². The molecule has 0 radical (unpaired) electrons. The standard InChI is InChI=1S/C22H24N4O4/c1-13-4-5-14(21(28)29-3)10-17(13)18-11-15-12-23-22(24-16-6-8-30-9-7-16)25-19(15)26(2)20(18)27/h4-5,10-12,16H,6-9H2,1-3H3,(H,23,24,25). The summed E-state index contributed by atoms with van der Waals surface area (Å²) in [4.78, 5) is 34.1. The third-order valence-corrected chi connectivity index (χ3v) is 5.45. The van der Waals surface area contributed by atoms with Crippen molar-refractivity contribution >= 4 is 23.0 Å². The summed E-state index contributed by atoms with van der Waals surface area (Å²) in [6.45, 7) is 3.34. The highest BCUT2D eigenvalue weighted by atomic mass is 16.5. The van der Waals surface area contributed by atoms with Gasteiger partial charge < -0.3 is 14.8 Å². The average Bonchev–Trinajstić information content (AvgIpc) is 2.77. The molecule has 1 aliphatic rings. The maximum absolute atomic E-state index is 13.1. The lowest BCUT2D eigenvalue weighted by molar-refractivity contribution is 0.0600. The van der Waals surface area contributed by atoms with Gasteiger partial charge in [-0.05, 0) is 49.1 Å². The first-order valence-corrected chi connectivity index (χ1v) is 9.88. The van der Waals surface area contributed by atoms with Crippen molar-refractivity contribution in [2.45, 2.75) is 25.8 Å². The van der Waals surface area contributed by atoms with E-state index in [2.05, 4.69) is 15.3 Å². The number of rotatable bonds is 4. The number of hydrogen-bond donors (Lipinski definition) is 1. The lowest BCUT2D eigenvalue weighted by Gasteiger charge is -2.23. The predicted octanol–water partition coefficient (Wildman–Crippen LogP) is 2.68. The molecule has 1 aromatic carbocycles. The van der Waals surface area contributed by atoms with Crippen LogP contribution in [-0.2, 0) is 16.5 Å². The second-order valence-corrected chi connectivity index (χ2v) is 7.45. The van der Waals surface area contributed by atoms with Gasteiger partial charge >= 0.3 is 5.97 Å². The van der Waals surface area contributed by atoms with E-state index < -0.39 is 5.97 Å². The summed E-state index contributed by atoms with van der Waals surface area (Å²) in [6.07, 6.45) is 3.51. The Balaban J connectivity index is 1.76. The zero-order valence-electron chi connectivity index (χ0n) is 17.3. The molecule has 156 valence electrons. The number of carbonyl (C=O) groups excluding carboxylic acids is 1. The smallest absolute Gasteiger partial charge is 0.337 e. The van der Waals surface area contributed by atoms with Crippen molar-refractivity contribution in [3.05, 3.63) is 51.9 Å². The number of pyridine rings is 1. The van der Waals surface area contributed by atoms with Gasteiger partial charge in [-0.25, -0.2) is 9.78 Å². The molecule has 2 aromatic heterocycles. The zero-order valence-corrected chi connectivity index (χ0v) is 17.3. The van der Waals surface area contributed by atoms with Crippen LogP contribution in [-0.4, -0.2) is 46.9 Å². The van der Waals surface area contributed by atoms with E-state index in [0.717, 1.165) is 37.0 Å². The summed E-state index contributed by atoms with van der Waals surface area (Å²) in [7, 11) is 3.03. The van der Waals surface area contributed by atoms with Crippen LogP contribution in [0.3, 0.4) is 0 Å². The Hall–Kier alpha value is -3.26. The first-order chi connectivity index (χ1) is 14.5. The van der Waals surface area contributed by atoms with E-state index in [1.807, 2.05) is 13.0 Å². The van der Waals surface area contributed by atoms with Crippen LogP contribution in [0, 0.1) is 6.92 Å².